The number of hydrogen-bond acceptors (Lipinski definition) is 5. The molecule has 140 valence electrons. The molecule has 1 amide bonds. The molecule has 26 heavy (non-hydrogen) atoms. The van der Waals surface area contributed by atoms with Gasteiger partial charge in [-0.15, -0.1) is 11.3 Å². The van der Waals surface area contributed by atoms with Crippen LogP contribution in [0.5, 0.6) is 0 Å². The molecule has 2 heterocycles. The third-order valence-corrected chi connectivity index (χ3v) is 5.53. The largest absolute Gasteiger partial charge is 0.354 e. The minimum absolute atomic E-state index is 0.0528. The summed E-state index contributed by atoms with van der Waals surface area (Å²) >= 11 is 1.71. The summed E-state index contributed by atoms with van der Waals surface area (Å²) in [6.07, 6.45) is 1.55. The van der Waals surface area contributed by atoms with E-state index in [1.807, 2.05) is 38.7 Å². The standard InChI is InChI=1S/C19H27N5OS/c1-14-16(15(2)24(22-14)11-6-10-20)8-9-19(25)21-13-17(23(3)4)18-7-5-12-26-18/h5,7,12,17H,6,8-9,11,13H2,1-4H3,(H,21,25). The molecule has 0 saturated heterocycles. The molecule has 0 fully saturated rings. The van der Waals surface area contributed by atoms with Crippen molar-refractivity contribution in [3.63, 3.8) is 0 Å². The van der Waals surface area contributed by atoms with E-state index in [9.17, 15) is 4.79 Å². The highest BCUT2D eigenvalue weighted by atomic mass is 32.1. The Bertz CT molecular complexity index is 758. The van der Waals surface area contributed by atoms with Gasteiger partial charge in [-0.1, -0.05) is 6.07 Å². The zero-order valence-electron chi connectivity index (χ0n) is 16.0. The fourth-order valence-electron chi connectivity index (χ4n) is 3.03. The van der Waals surface area contributed by atoms with E-state index in [4.69, 9.17) is 5.26 Å². The average Bonchev–Trinajstić information content (AvgIpc) is 3.20. The Morgan fingerprint density at radius 3 is 2.85 bits per heavy atom. The van der Waals surface area contributed by atoms with Gasteiger partial charge in [0.1, 0.15) is 0 Å². The van der Waals surface area contributed by atoms with Gasteiger partial charge in [0, 0.05) is 23.5 Å². The predicted molar refractivity (Wildman–Crippen MR) is 104 cm³/mol. The van der Waals surface area contributed by atoms with E-state index in [-0.39, 0.29) is 11.9 Å². The van der Waals surface area contributed by atoms with Crippen molar-refractivity contribution in [2.75, 3.05) is 20.6 Å². The Morgan fingerprint density at radius 2 is 2.23 bits per heavy atom. The lowest BCUT2D eigenvalue weighted by Crippen LogP contribution is -2.34. The molecular weight excluding hydrogens is 346 g/mol. The second kappa shape index (κ2) is 9.51. The van der Waals surface area contributed by atoms with E-state index in [2.05, 4.69) is 32.8 Å². The maximum atomic E-state index is 12.3. The van der Waals surface area contributed by atoms with Gasteiger partial charge in [0.2, 0.25) is 5.91 Å². The number of nitrogens with one attached hydrogen (secondary N) is 1. The number of rotatable bonds is 9. The molecule has 0 bridgehead atoms. The van der Waals surface area contributed by atoms with Crippen LogP contribution in [-0.2, 0) is 17.8 Å². The van der Waals surface area contributed by atoms with Gasteiger partial charge in [0.15, 0.2) is 0 Å². The summed E-state index contributed by atoms with van der Waals surface area (Å²) in [5.74, 6) is 0.0528. The molecule has 0 aliphatic heterocycles. The van der Waals surface area contributed by atoms with Crippen molar-refractivity contribution in [2.24, 2.45) is 0 Å². The monoisotopic (exact) mass is 373 g/mol. The first kappa shape index (κ1) is 20.1. The molecule has 0 aliphatic carbocycles. The molecule has 0 saturated carbocycles. The Kier molecular flexibility index (Phi) is 7.37. The van der Waals surface area contributed by atoms with Crippen molar-refractivity contribution in [2.45, 2.75) is 45.7 Å². The molecule has 1 unspecified atom stereocenters. The number of amides is 1. The van der Waals surface area contributed by atoms with E-state index in [0.717, 1.165) is 17.0 Å². The SMILES string of the molecule is Cc1nn(CCC#N)c(C)c1CCC(=O)NCC(c1cccs1)N(C)C. The zero-order chi connectivity index (χ0) is 19.1. The number of thiophene rings is 1. The third kappa shape index (κ3) is 5.16. The molecule has 6 nitrogen and oxygen atoms in total. The van der Waals surface area contributed by atoms with E-state index < -0.39 is 0 Å². The van der Waals surface area contributed by atoms with E-state index in [1.54, 1.807) is 11.3 Å². The summed E-state index contributed by atoms with van der Waals surface area (Å²) in [4.78, 5) is 15.7. The Morgan fingerprint density at radius 1 is 1.46 bits per heavy atom. The highest BCUT2D eigenvalue weighted by Crippen LogP contribution is 2.22. The number of likely N-dealkylation sites (N-methyl/N-ethyl adjacent to an activating group) is 1. The number of nitriles is 1. The maximum absolute atomic E-state index is 12.3. The van der Waals surface area contributed by atoms with Crippen molar-refractivity contribution < 1.29 is 4.79 Å². The summed E-state index contributed by atoms with van der Waals surface area (Å²) in [6.45, 7) is 5.16. The van der Waals surface area contributed by atoms with Gasteiger partial charge in [-0.25, -0.2) is 0 Å². The third-order valence-electron chi connectivity index (χ3n) is 4.56. The fraction of sp³-hybridized carbons (Fsp3) is 0.526. The van der Waals surface area contributed by atoms with Gasteiger partial charge in [-0.2, -0.15) is 10.4 Å². The van der Waals surface area contributed by atoms with Gasteiger partial charge in [0.05, 0.1) is 30.8 Å². The first-order valence-electron chi connectivity index (χ1n) is 8.80. The summed E-state index contributed by atoms with van der Waals surface area (Å²) in [5.41, 5.74) is 3.11. The van der Waals surface area contributed by atoms with Crippen LogP contribution in [0.4, 0.5) is 0 Å². The zero-order valence-corrected chi connectivity index (χ0v) is 16.8. The van der Waals surface area contributed by atoms with Crippen LogP contribution >= 0.6 is 11.3 Å². The molecule has 7 heteroatoms. The normalized spacial score (nSPS) is 12.2. The Balaban J connectivity index is 1.89. The quantitative estimate of drug-likeness (QED) is 0.733. The van der Waals surface area contributed by atoms with Crippen LogP contribution in [0.3, 0.4) is 0 Å². The van der Waals surface area contributed by atoms with Crippen LogP contribution in [0.1, 0.15) is 40.7 Å². The lowest BCUT2D eigenvalue weighted by atomic mass is 10.1. The summed E-state index contributed by atoms with van der Waals surface area (Å²) in [7, 11) is 4.05. The van der Waals surface area contributed by atoms with Crippen molar-refractivity contribution in [1.29, 1.82) is 5.26 Å². The number of carbonyl (C=O) groups is 1. The predicted octanol–water partition coefficient (Wildman–Crippen LogP) is 2.83. The number of carbonyl (C=O) groups excluding carboxylic acids is 1. The minimum atomic E-state index is 0.0528. The van der Waals surface area contributed by atoms with Crippen molar-refractivity contribution in [3.05, 3.63) is 39.3 Å². The highest BCUT2D eigenvalue weighted by Gasteiger charge is 2.17. The molecule has 0 aromatic carbocycles. The smallest absolute Gasteiger partial charge is 0.220 e. The molecule has 2 rings (SSSR count). The van der Waals surface area contributed by atoms with Crippen molar-refractivity contribution in [1.82, 2.24) is 20.0 Å². The van der Waals surface area contributed by atoms with Crippen LogP contribution < -0.4 is 5.32 Å². The minimum Gasteiger partial charge on any atom is -0.354 e. The molecule has 1 atom stereocenters. The van der Waals surface area contributed by atoms with Gasteiger partial charge in [-0.3, -0.25) is 9.48 Å². The van der Waals surface area contributed by atoms with Gasteiger partial charge < -0.3 is 10.2 Å². The topological polar surface area (TPSA) is 73.9 Å². The Labute approximate surface area is 159 Å². The fourth-order valence-corrected chi connectivity index (χ4v) is 3.95. The van der Waals surface area contributed by atoms with Crippen molar-refractivity contribution in [3.8, 4) is 6.07 Å². The van der Waals surface area contributed by atoms with Crippen LogP contribution in [0, 0.1) is 25.2 Å². The second-order valence-corrected chi connectivity index (χ2v) is 7.56. The van der Waals surface area contributed by atoms with E-state index in [0.29, 0.717) is 32.4 Å². The van der Waals surface area contributed by atoms with Gasteiger partial charge >= 0.3 is 0 Å². The number of aromatic nitrogens is 2. The Hall–Kier alpha value is -2.17. The lowest BCUT2D eigenvalue weighted by molar-refractivity contribution is -0.121. The van der Waals surface area contributed by atoms with E-state index in [1.165, 1.54) is 4.88 Å². The summed E-state index contributed by atoms with van der Waals surface area (Å²) in [6, 6.07) is 6.47. The molecule has 0 spiro atoms. The molecular formula is C19H27N5OS. The van der Waals surface area contributed by atoms with Gasteiger partial charge in [0.25, 0.3) is 0 Å². The van der Waals surface area contributed by atoms with Crippen LogP contribution in [0.2, 0.25) is 0 Å². The molecule has 2 aromatic heterocycles. The van der Waals surface area contributed by atoms with Crippen LogP contribution in [0.25, 0.3) is 0 Å². The first-order chi connectivity index (χ1) is 12.4. The highest BCUT2D eigenvalue weighted by molar-refractivity contribution is 7.10. The van der Waals surface area contributed by atoms with Gasteiger partial charge in [-0.05, 0) is 51.4 Å². The lowest BCUT2D eigenvalue weighted by Gasteiger charge is -2.23. The average molecular weight is 374 g/mol. The van der Waals surface area contributed by atoms with Crippen molar-refractivity contribution >= 4 is 17.2 Å². The number of hydrogen-bond donors (Lipinski definition) is 1. The first-order valence-corrected chi connectivity index (χ1v) is 9.68. The molecule has 0 radical (unpaired) electrons. The number of aryl methyl sites for hydroxylation is 2. The van der Waals surface area contributed by atoms with Crippen LogP contribution in [-0.4, -0.2) is 41.2 Å². The van der Waals surface area contributed by atoms with E-state index >= 15 is 0 Å². The molecule has 0 aliphatic rings. The molecule has 1 N–H and O–H groups in total. The maximum Gasteiger partial charge on any atom is 0.220 e. The number of nitrogens with zero attached hydrogens (tertiary/aromatic N) is 4. The summed E-state index contributed by atoms with van der Waals surface area (Å²) in [5, 5.41) is 18.3. The second-order valence-electron chi connectivity index (χ2n) is 6.58. The summed E-state index contributed by atoms with van der Waals surface area (Å²) < 4.78 is 1.87. The molecule has 2 aromatic rings. The van der Waals surface area contributed by atoms with Crippen LogP contribution in [0.15, 0.2) is 17.5 Å².